The number of aliphatic hydroxyl groups is 1. The number of aromatic amines is 1. The molecule has 17 heteroatoms. The van der Waals surface area contributed by atoms with Crippen LogP contribution in [0.3, 0.4) is 0 Å². The Morgan fingerprint density at radius 1 is 1.07 bits per heavy atom. The van der Waals surface area contributed by atoms with Crippen molar-refractivity contribution in [3.8, 4) is 23.3 Å². The molecule has 362 valence electrons. The number of anilines is 2. The first-order valence-corrected chi connectivity index (χ1v) is 25.9. The monoisotopic (exact) mass is 956 g/mol. The summed E-state index contributed by atoms with van der Waals surface area (Å²) in [5.74, 6) is 0.0536. The molecular formula is C52H60N8O8S. The van der Waals surface area contributed by atoms with Gasteiger partial charge >= 0.3 is 0 Å². The molecule has 16 nitrogen and oxygen atoms in total. The lowest BCUT2D eigenvalue weighted by Crippen LogP contribution is -2.54. The summed E-state index contributed by atoms with van der Waals surface area (Å²) in [6.45, 7) is 9.28. The Morgan fingerprint density at radius 2 is 1.84 bits per heavy atom. The summed E-state index contributed by atoms with van der Waals surface area (Å²) < 4.78 is 42.5. The number of nitrogens with one attached hydrogen (secondary N) is 3. The fourth-order valence-electron chi connectivity index (χ4n) is 11.8. The Morgan fingerprint density at radius 3 is 2.58 bits per heavy atom. The highest BCUT2D eigenvalue weighted by molar-refractivity contribution is 7.90. The normalized spacial score (nSPS) is 23.7. The first-order chi connectivity index (χ1) is 33.1. The number of sulfonamides is 1. The number of hydrogen-bond donors (Lipinski definition) is 4. The predicted molar refractivity (Wildman–Crippen MR) is 261 cm³/mol. The van der Waals surface area contributed by atoms with Crippen LogP contribution in [0.4, 0.5) is 17.1 Å². The van der Waals surface area contributed by atoms with Gasteiger partial charge in [-0.25, -0.2) is 18.1 Å². The number of amides is 1. The van der Waals surface area contributed by atoms with Crippen molar-refractivity contribution < 1.29 is 32.7 Å². The first kappa shape index (κ1) is 46.5. The van der Waals surface area contributed by atoms with Crippen molar-refractivity contribution in [2.24, 2.45) is 11.3 Å². The van der Waals surface area contributed by atoms with Crippen molar-refractivity contribution in [2.45, 2.75) is 126 Å². The van der Waals surface area contributed by atoms with E-state index >= 15 is 0 Å². The summed E-state index contributed by atoms with van der Waals surface area (Å²) in [5, 5.41) is 36.3. The van der Waals surface area contributed by atoms with E-state index in [9.17, 15) is 33.7 Å². The van der Waals surface area contributed by atoms with E-state index in [0.29, 0.717) is 59.8 Å². The number of pyridine rings is 1. The molecule has 2 saturated heterocycles. The Balaban J connectivity index is 0.860. The van der Waals surface area contributed by atoms with Crippen LogP contribution in [0.5, 0.6) is 17.2 Å². The van der Waals surface area contributed by atoms with Crippen molar-refractivity contribution in [1.82, 2.24) is 19.6 Å². The Bertz CT molecular complexity index is 2940. The maximum atomic E-state index is 14.2. The van der Waals surface area contributed by atoms with E-state index in [1.807, 2.05) is 6.92 Å². The van der Waals surface area contributed by atoms with Crippen LogP contribution in [-0.2, 0) is 10.0 Å². The van der Waals surface area contributed by atoms with Gasteiger partial charge in [0, 0.05) is 60.6 Å². The lowest BCUT2D eigenvalue weighted by Gasteiger charge is -2.56. The standard InChI is InChI=1S/C52H60N8O8S/c1-32(2)40-7-4-5-8-41(40)44-9-6-18-59(44)37-26-52(27-37)16-19-58(20-17-52)36-10-11-42(46(22-36)68-38-23-43-34(28-53)29-54-49(43)55-30-38)50(61)57-69(65,66)39-24-45(60(63)64)48-47(25-39)67-31-35(56-48)21-33-12-14-51(3,62)15-13-33/h4-5,7-8,10-11,22-25,29-30,32-33,35,37,44,56,62H,6,9,12-21,26-27,31H2,1-3H3,(H,54,55)(H,57,61)/t33-,35-,44+,51-/m0/s1. The zero-order valence-electron chi connectivity index (χ0n) is 39.4. The molecular weight excluding hydrogens is 897 g/mol. The summed E-state index contributed by atoms with van der Waals surface area (Å²) in [4.78, 5) is 37.8. The SMILES string of the molecule is CC(C)c1ccccc1[C@H]1CCCN1C1CC2(CCN(c3ccc(C(=O)NS(=O)(=O)c4cc5c(c([N+](=O)[O-])c4)N[C@@H](C[C@H]4CC[C@](C)(O)CC4)CO5)c(Oc4cnc5[nH]cc(C#N)c5c4)c3)CC2)C1. The van der Waals surface area contributed by atoms with E-state index in [2.05, 4.69) is 74.0 Å². The van der Waals surface area contributed by atoms with Crippen molar-refractivity contribution in [3.05, 3.63) is 105 Å². The summed E-state index contributed by atoms with van der Waals surface area (Å²) in [6, 6.07) is 20.6. The molecule has 1 spiro atoms. The summed E-state index contributed by atoms with van der Waals surface area (Å²) in [6.07, 6.45) is 13.4. The lowest BCUT2D eigenvalue weighted by molar-refractivity contribution is -0.384. The first-order valence-electron chi connectivity index (χ1n) is 24.4. The zero-order chi connectivity index (χ0) is 48.2. The second-order valence-corrected chi connectivity index (χ2v) is 22.4. The number of hydrogen-bond acceptors (Lipinski definition) is 13. The predicted octanol–water partition coefficient (Wildman–Crippen LogP) is 9.47. The molecule has 3 aliphatic heterocycles. The summed E-state index contributed by atoms with van der Waals surface area (Å²) >= 11 is 0. The van der Waals surface area contributed by atoms with Crippen LogP contribution >= 0.6 is 0 Å². The smallest absolute Gasteiger partial charge is 0.297 e. The van der Waals surface area contributed by atoms with Crippen LogP contribution in [0.1, 0.15) is 130 Å². The van der Waals surface area contributed by atoms with Gasteiger partial charge in [-0.3, -0.25) is 19.8 Å². The largest absolute Gasteiger partial charge is 0.489 e. The average molecular weight is 957 g/mol. The van der Waals surface area contributed by atoms with Gasteiger partial charge < -0.3 is 29.8 Å². The Hall–Kier alpha value is -6.22. The molecule has 5 aromatic rings. The van der Waals surface area contributed by atoms with Gasteiger partial charge in [-0.15, -0.1) is 0 Å². The van der Waals surface area contributed by atoms with E-state index in [4.69, 9.17) is 9.47 Å². The zero-order valence-corrected chi connectivity index (χ0v) is 40.2. The van der Waals surface area contributed by atoms with Crippen LogP contribution in [0.15, 0.2) is 78.0 Å². The number of benzene rings is 3. The van der Waals surface area contributed by atoms with Crippen molar-refractivity contribution in [2.75, 3.05) is 36.5 Å². The average Bonchev–Trinajstić information content (AvgIpc) is 3.98. The highest BCUT2D eigenvalue weighted by Gasteiger charge is 2.50. The van der Waals surface area contributed by atoms with Crippen LogP contribution in [-0.4, -0.2) is 83.1 Å². The third-order valence-corrected chi connectivity index (χ3v) is 17.0. The summed E-state index contributed by atoms with van der Waals surface area (Å²) in [5.41, 5.74) is 3.63. The number of ether oxygens (including phenoxy) is 2. The molecule has 4 N–H and O–H groups in total. The molecule has 0 bridgehead atoms. The highest BCUT2D eigenvalue weighted by Crippen LogP contribution is 2.54. The number of nitrogens with zero attached hydrogens (tertiary/aromatic N) is 5. The molecule has 0 radical (unpaired) electrons. The van der Waals surface area contributed by atoms with Crippen molar-refractivity contribution in [1.29, 1.82) is 5.26 Å². The number of nitriles is 1. The molecule has 3 aromatic carbocycles. The molecule has 1 amide bonds. The number of piperidine rings is 1. The van der Waals surface area contributed by atoms with Gasteiger partial charge in [-0.05, 0) is 131 Å². The minimum atomic E-state index is -4.70. The molecule has 2 aliphatic carbocycles. The van der Waals surface area contributed by atoms with Crippen molar-refractivity contribution in [3.63, 3.8) is 0 Å². The fourth-order valence-corrected chi connectivity index (χ4v) is 12.8. The van der Waals surface area contributed by atoms with Gasteiger partial charge in [0.2, 0.25) is 0 Å². The maximum absolute atomic E-state index is 14.2. The van der Waals surface area contributed by atoms with E-state index in [1.165, 1.54) is 55.1 Å². The molecule has 2 saturated carbocycles. The maximum Gasteiger partial charge on any atom is 0.297 e. The number of aromatic nitrogens is 2. The van der Waals surface area contributed by atoms with E-state index in [1.54, 1.807) is 24.4 Å². The van der Waals surface area contributed by atoms with Gasteiger partial charge in [-0.2, -0.15) is 5.26 Å². The van der Waals surface area contributed by atoms with Crippen molar-refractivity contribution >= 4 is 44.0 Å². The number of carbonyl (C=O) groups is 1. The lowest BCUT2D eigenvalue weighted by atomic mass is 9.59. The van der Waals surface area contributed by atoms with E-state index in [0.717, 1.165) is 57.1 Å². The van der Waals surface area contributed by atoms with Crippen LogP contribution in [0, 0.1) is 32.8 Å². The van der Waals surface area contributed by atoms with Gasteiger partial charge in [0.25, 0.3) is 21.6 Å². The molecule has 2 atom stereocenters. The van der Waals surface area contributed by atoms with Gasteiger partial charge in [0.15, 0.2) is 11.4 Å². The van der Waals surface area contributed by atoms with Crippen LogP contribution in [0.25, 0.3) is 11.0 Å². The molecule has 5 aliphatic rings. The molecule has 69 heavy (non-hydrogen) atoms. The number of carbonyl (C=O) groups excluding carboxylic acids is 1. The van der Waals surface area contributed by atoms with Gasteiger partial charge in [0.05, 0.1) is 38.8 Å². The fraction of sp³-hybridized carbons (Fsp3) is 0.481. The number of nitro groups is 1. The second kappa shape index (κ2) is 18.3. The van der Waals surface area contributed by atoms with E-state index in [-0.39, 0.29) is 46.6 Å². The molecule has 10 rings (SSSR count). The third-order valence-electron chi connectivity index (χ3n) is 15.7. The molecule has 5 heterocycles. The molecule has 2 aromatic heterocycles. The number of fused-ring (bicyclic) bond motifs is 2. The van der Waals surface area contributed by atoms with Crippen LogP contribution in [0.2, 0.25) is 0 Å². The molecule has 0 unspecified atom stereocenters. The molecule has 4 fully saturated rings. The van der Waals surface area contributed by atoms with Gasteiger partial charge in [0.1, 0.15) is 29.8 Å². The quantitative estimate of drug-likeness (QED) is 0.0678. The Labute approximate surface area is 402 Å². The minimum Gasteiger partial charge on any atom is -0.489 e. The second-order valence-electron chi connectivity index (χ2n) is 20.7. The minimum absolute atomic E-state index is 0.00833. The van der Waals surface area contributed by atoms with Crippen LogP contribution < -0.4 is 24.4 Å². The number of H-pyrrole nitrogens is 1. The summed E-state index contributed by atoms with van der Waals surface area (Å²) in [7, 11) is -4.70. The third kappa shape index (κ3) is 9.34. The topological polar surface area (TPSA) is 216 Å². The van der Waals surface area contributed by atoms with Gasteiger partial charge in [-0.1, -0.05) is 38.1 Å². The number of nitro benzene ring substituents is 1. The highest BCUT2D eigenvalue weighted by atomic mass is 32.2. The number of likely N-dealkylation sites (tertiary alicyclic amines) is 1. The van der Waals surface area contributed by atoms with E-state index < -0.39 is 37.0 Å². The Kier molecular flexibility index (Phi) is 12.3. The number of rotatable bonds is 12.